The van der Waals surface area contributed by atoms with Gasteiger partial charge in [0, 0.05) is 24.9 Å². The van der Waals surface area contributed by atoms with Crippen molar-refractivity contribution in [3.05, 3.63) is 0 Å². The molecule has 0 spiro atoms. The largest absolute Gasteiger partial charge is 0.369 e. The Labute approximate surface area is 102 Å². The van der Waals surface area contributed by atoms with Crippen molar-refractivity contribution in [2.45, 2.75) is 32.1 Å². The van der Waals surface area contributed by atoms with Gasteiger partial charge in [-0.1, -0.05) is 0 Å². The number of carbonyl (C=O) groups excluding carboxylic acids is 2. The predicted octanol–water partition coefficient (Wildman–Crippen LogP) is 0.756. The van der Waals surface area contributed by atoms with E-state index in [9.17, 15) is 9.59 Å². The van der Waals surface area contributed by atoms with Crippen LogP contribution in [0.4, 0.5) is 0 Å². The highest BCUT2D eigenvalue weighted by Crippen LogP contribution is 2.55. The average molecular weight is 236 g/mol. The van der Waals surface area contributed by atoms with E-state index in [2.05, 4.69) is 0 Å². The lowest BCUT2D eigenvalue weighted by atomic mass is 9.96. The van der Waals surface area contributed by atoms with Gasteiger partial charge in [0.2, 0.25) is 11.8 Å². The third-order valence-corrected chi connectivity index (χ3v) is 4.59. The highest BCUT2D eigenvalue weighted by molar-refractivity contribution is 5.82. The smallest absolute Gasteiger partial charge is 0.225 e. The molecular weight excluding hydrogens is 216 g/mol. The second-order valence-corrected chi connectivity index (χ2v) is 5.85. The molecule has 2 aliphatic carbocycles. The quantitative estimate of drug-likeness (QED) is 0.786. The lowest BCUT2D eigenvalue weighted by Gasteiger charge is -2.30. The molecular formula is C13H20N2O2. The molecule has 0 radical (unpaired) electrons. The summed E-state index contributed by atoms with van der Waals surface area (Å²) < 4.78 is 0. The van der Waals surface area contributed by atoms with Gasteiger partial charge in [0.1, 0.15) is 0 Å². The lowest BCUT2D eigenvalue weighted by Crippen LogP contribution is -2.42. The fraction of sp³-hybridized carbons (Fsp3) is 0.846. The number of piperidine rings is 1. The van der Waals surface area contributed by atoms with Crippen LogP contribution in [0.3, 0.4) is 0 Å². The Balaban J connectivity index is 1.49. The molecule has 17 heavy (non-hydrogen) atoms. The Morgan fingerprint density at radius 1 is 1.06 bits per heavy atom. The molecule has 0 aromatic carbocycles. The average Bonchev–Trinajstić information content (AvgIpc) is 3.16. The van der Waals surface area contributed by atoms with E-state index in [1.165, 1.54) is 12.8 Å². The second kappa shape index (κ2) is 4.00. The van der Waals surface area contributed by atoms with E-state index in [1.807, 2.05) is 4.90 Å². The molecule has 3 aliphatic rings. The predicted molar refractivity (Wildman–Crippen MR) is 62.8 cm³/mol. The summed E-state index contributed by atoms with van der Waals surface area (Å²) in [6, 6.07) is 0. The molecule has 0 aromatic heterocycles. The van der Waals surface area contributed by atoms with E-state index in [4.69, 9.17) is 5.73 Å². The monoisotopic (exact) mass is 236 g/mol. The van der Waals surface area contributed by atoms with Gasteiger partial charge < -0.3 is 10.6 Å². The number of likely N-dealkylation sites (tertiary alicyclic amines) is 1. The number of nitrogens with zero attached hydrogens (tertiary/aromatic N) is 1. The minimum atomic E-state index is -0.209. The number of rotatable bonds is 3. The van der Waals surface area contributed by atoms with Gasteiger partial charge in [0.25, 0.3) is 0 Å². The van der Waals surface area contributed by atoms with Crippen LogP contribution in [-0.4, -0.2) is 29.8 Å². The van der Waals surface area contributed by atoms with Crippen LogP contribution in [-0.2, 0) is 9.59 Å². The van der Waals surface area contributed by atoms with Crippen LogP contribution < -0.4 is 5.73 Å². The van der Waals surface area contributed by atoms with Crippen LogP contribution in [0, 0.1) is 23.7 Å². The first-order valence-corrected chi connectivity index (χ1v) is 6.75. The Morgan fingerprint density at radius 2 is 1.71 bits per heavy atom. The van der Waals surface area contributed by atoms with Gasteiger partial charge in [0.05, 0.1) is 0 Å². The minimum Gasteiger partial charge on any atom is -0.369 e. The van der Waals surface area contributed by atoms with Crippen LogP contribution in [0.2, 0.25) is 0 Å². The molecule has 0 aromatic rings. The minimum absolute atomic E-state index is 0.0162. The van der Waals surface area contributed by atoms with E-state index < -0.39 is 0 Å². The van der Waals surface area contributed by atoms with Gasteiger partial charge in [-0.25, -0.2) is 0 Å². The molecule has 94 valence electrons. The van der Waals surface area contributed by atoms with Gasteiger partial charge in [0.15, 0.2) is 0 Å². The van der Waals surface area contributed by atoms with Gasteiger partial charge >= 0.3 is 0 Å². The van der Waals surface area contributed by atoms with Gasteiger partial charge in [-0.05, 0) is 43.9 Å². The van der Waals surface area contributed by atoms with Gasteiger partial charge in [-0.3, -0.25) is 9.59 Å². The number of hydrogen-bond acceptors (Lipinski definition) is 2. The van der Waals surface area contributed by atoms with Crippen molar-refractivity contribution in [3.63, 3.8) is 0 Å². The van der Waals surface area contributed by atoms with Crippen LogP contribution in [0.15, 0.2) is 0 Å². The van der Waals surface area contributed by atoms with E-state index in [0.717, 1.165) is 38.3 Å². The first kappa shape index (κ1) is 11.1. The Bertz CT molecular complexity index is 343. The number of primary amides is 1. The van der Waals surface area contributed by atoms with Crippen LogP contribution >= 0.6 is 0 Å². The molecule has 1 heterocycles. The van der Waals surface area contributed by atoms with Gasteiger partial charge in [-0.2, -0.15) is 0 Å². The van der Waals surface area contributed by atoms with E-state index in [-0.39, 0.29) is 11.8 Å². The summed E-state index contributed by atoms with van der Waals surface area (Å²) in [5, 5.41) is 0. The third-order valence-electron chi connectivity index (χ3n) is 4.59. The zero-order valence-electron chi connectivity index (χ0n) is 10.1. The normalized spacial score (nSPS) is 33.5. The van der Waals surface area contributed by atoms with Crippen LogP contribution in [0.25, 0.3) is 0 Å². The van der Waals surface area contributed by atoms with Crippen LogP contribution in [0.1, 0.15) is 32.1 Å². The molecule has 1 saturated heterocycles. The fourth-order valence-corrected chi connectivity index (χ4v) is 3.16. The number of carbonyl (C=O) groups is 2. The maximum atomic E-state index is 12.2. The van der Waals surface area contributed by atoms with E-state index in [1.54, 1.807) is 0 Å². The Morgan fingerprint density at radius 3 is 2.24 bits per heavy atom. The molecule has 2 N–H and O–H groups in total. The first-order valence-electron chi connectivity index (χ1n) is 6.75. The second-order valence-electron chi connectivity index (χ2n) is 5.85. The molecule has 4 heteroatoms. The number of hydrogen-bond donors (Lipinski definition) is 1. The lowest BCUT2D eigenvalue weighted by molar-refractivity contribution is -0.136. The Kier molecular flexibility index (Phi) is 2.60. The third kappa shape index (κ3) is 2.17. The molecule has 2 saturated carbocycles. The zero-order chi connectivity index (χ0) is 12.0. The van der Waals surface area contributed by atoms with Crippen molar-refractivity contribution < 1.29 is 9.59 Å². The standard InChI is InChI=1S/C13H20N2O2/c14-12(16)9-3-5-15(6-4-9)13(17)11-7-10(11)8-1-2-8/h8-11H,1-7H2,(H2,14,16). The molecule has 1 aliphatic heterocycles. The maximum absolute atomic E-state index is 12.2. The topological polar surface area (TPSA) is 63.4 Å². The maximum Gasteiger partial charge on any atom is 0.225 e. The summed E-state index contributed by atoms with van der Waals surface area (Å²) in [6.07, 6.45) is 5.28. The SMILES string of the molecule is NC(=O)C1CCN(C(=O)C2CC2C2CC2)CC1. The summed E-state index contributed by atoms with van der Waals surface area (Å²) in [6.45, 7) is 1.45. The van der Waals surface area contributed by atoms with Crippen molar-refractivity contribution in [2.75, 3.05) is 13.1 Å². The van der Waals surface area contributed by atoms with Crippen LogP contribution in [0.5, 0.6) is 0 Å². The zero-order valence-corrected chi connectivity index (χ0v) is 10.1. The van der Waals surface area contributed by atoms with E-state index >= 15 is 0 Å². The summed E-state index contributed by atoms with van der Waals surface area (Å²) in [5.41, 5.74) is 5.29. The summed E-state index contributed by atoms with van der Waals surface area (Å²) in [7, 11) is 0. The van der Waals surface area contributed by atoms with E-state index in [0.29, 0.717) is 17.7 Å². The molecule has 2 unspecified atom stereocenters. The summed E-state index contributed by atoms with van der Waals surface area (Å²) in [4.78, 5) is 25.2. The van der Waals surface area contributed by atoms with Crippen molar-refractivity contribution in [3.8, 4) is 0 Å². The fourth-order valence-electron chi connectivity index (χ4n) is 3.16. The molecule has 2 atom stereocenters. The van der Waals surface area contributed by atoms with Crippen molar-refractivity contribution in [1.82, 2.24) is 4.90 Å². The molecule has 2 amide bonds. The highest BCUT2D eigenvalue weighted by atomic mass is 16.2. The van der Waals surface area contributed by atoms with Gasteiger partial charge in [-0.15, -0.1) is 0 Å². The van der Waals surface area contributed by atoms with Crippen molar-refractivity contribution in [2.24, 2.45) is 29.4 Å². The highest BCUT2D eigenvalue weighted by Gasteiger charge is 2.52. The molecule has 3 rings (SSSR count). The molecule has 0 bridgehead atoms. The summed E-state index contributed by atoms with van der Waals surface area (Å²) >= 11 is 0. The number of amides is 2. The first-order chi connectivity index (χ1) is 8.16. The molecule has 4 nitrogen and oxygen atoms in total. The van der Waals surface area contributed by atoms with Crippen molar-refractivity contribution in [1.29, 1.82) is 0 Å². The Hall–Kier alpha value is -1.06. The molecule has 3 fully saturated rings. The summed E-state index contributed by atoms with van der Waals surface area (Å²) in [5.74, 6) is 1.97. The van der Waals surface area contributed by atoms with Crippen molar-refractivity contribution >= 4 is 11.8 Å². The number of nitrogens with two attached hydrogens (primary N) is 1.